The van der Waals surface area contributed by atoms with E-state index in [1.54, 1.807) is 0 Å². The lowest BCUT2D eigenvalue weighted by Crippen LogP contribution is -2.51. The van der Waals surface area contributed by atoms with Gasteiger partial charge in [-0.05, 0) is 74.2 Å². The lowest BCUT2D eigenvalue weighted by atomic mass is 9.47. The zero-order valence-corrected chi connectivity index (χ0v) is 16.3. The van der Waals surface area contributed by atoms with Gasteiger partial charge in [-0.3, -0.25) is 4.79 Å². The van der Waals surface area contributed by atoms with E-state index in [4.69, 9.17) is 4.74 Å². The predicted molar refractivity (Wildman–Crippen MR) is 101 cm³/mol. The molecule has 0 radical (unpaired) electrons. The average molecular weight is 343 g/mol. The maximum absolute atomic E-state index is 11.9. The van der Waals surface area contributed by atoms with Crippen molar-refractivity contribution in [2.45, 2.75) is 84.7 Å². The molecule has 0 aromatic heterocycles. The molecule has 0 heterocycles. The van der Waals surface area contributed by atoms with Crippen LogP contribution in [0, 0.1) is 28.6 Å². The van der Waals surface area contributed by atoms with E-state index in [2.05, 4.69) is 27.4 Å². The lowest BCUT2D eigenvalue weighted by molar-refractivity contribution is -0.118. The number of rotatable bonds is 3. The molecule has 0 aromatic carbocycles. The first-order valence-electron chi connectivity index (χ1n) is 10.5. The number of ether oxygens (including phenoxy) is 1. The third-order valence-corrected chi connectivity index (χ3v) is 8.58. The van der Waals surface area contributed by atoms with Gasteiger partial charge < -0.3 is 4.74 Å². The van der Waals surface area contributed by atoms with Crippen molar-refractivity contribution in [2.75, 3.05) is 0 Å². The Morgan fingerprint density at radius 1 is 1.16 bits per heavy atom. The highest BCUT2D eigenvalue weighted by Gasteiger charge is 2.59. The van der Waals surface area contributed by atoms with E-state index in [1.807, 2.05) is 6.08 Å². The average Bonchev–Trinajstić information content (AvgIpc) is 2.92. The number of carbonyl (C=O) groups is 1. The van der Waals surface area contributed by atoms with Crippen LogP contribution in [0.5, 0.6) is 0 Å². The molecule has 6 atom stereocenters. The van der Waals surface area contributed by atoms with Crippen LogP contribution < -0.4 is 0 Å². The van der Waals surface area contributed by atoms with Crippen molar-refractivity contribution in [3.8, 4) is 0 Å². The number of hydrogen-bond donors (Lipinski definition) is 0. The summed E-state index contributed by atoms with van der Waals surface area (Å²) in [6, 6.07) is 0. The van der Waals surface area contributed by atoms with Gasteiger partial charge in [0.15, 0.2) is 5.78 Å². The molecule has 138 valence electrons. The molecule has 0 saturated heterocycles. The van der Waals surface area contributed by atoms with E-state index in [0.717, 1.165) is 49.2 Å². The van der Waals surface area contributed by atoms with Crippen LogP contribution >= 0.6 is 0 Å². The third kappa shape index (κ3) is 2.54. The van der Waals surface area contributed by atoms with E-state index in [9.17, 15) is 4.79 Å². The molecular formula is C23H34O2. The molecule has 2 nitrogen and oxygen atoms in total. The van der Waals surface area contributed by atoms with Gasteiger partial charge in [0, 0.05) is 18.3 Å². The molecule has 6 unspecified atom stereocenters. The first-order chi connectivity index (χ1) is 11.9. The fourth-order valence-corrected chi connectivity index (χ4v) is 6.99. The van der Waals surface area contributed by atoms with Gasteiger partial charge in [0.05, 0.1) is 5.76 Å². The number of carbonyl (C=O) groups excluding carboxylic acids is 1. The topological polar surface area (TPSA) is 26.3 Å². The normalized spacial score (nSPS) is 45.9. The van der Waals surface area contributed by atoms with E-state index < -0.39 is 0 Å². The Morgan fingerprint density at radius 2 is 1.96 bits per heavy atom. The smallest absolute Gasteiger partial charge is 0.155 e. The van der Waals surface area contributed by atoms with Crippen molar-refractivity contribution in [2.24, 2.45) is 28.6 Å². The molecule has 4 aliphatic rings. The zero-order valence-electron chi connectivity index (χ0n) is 16.3. The minimum absolute atomic E-state index is 0.282. The summed E-state index contributed by atoms with van der Waals surface area (Å²) < 4.78 is 6.31. The van der Waals surface area contributed by atoms with E-state index >= 15 is 0 Å². The molecule has 3 fully saturated rings. The van der Waals surface area contributed by atoms with Gasteiger partial charge in [-0.1, -0.05) is 32.9 Å². The van der Waals surface area contributed by atoms with Crippen LogP contribution in [0.3, 0.4) is 0 Å². The summed E-state index contributed by atoms with van der Waals surface area (Å²) in [5.74, 6) is 3.70. The van der Waals surface area contributed by atoms with Crippen LogP contribution in [0.15, 0.2) is 24.0 Å². The fourth-order valence-electron chi connectivity index (χ4n) is 6.99. The summed E-state index contributed by atoms with van der Waals surface area (Å²) in [5.41, 5.74) is 2.07. The number of ketones is 1. The Hall–Kier alpha value is -1.05. The van der Waals surface area contributed by atoms with Crippen molar-refractivity contribution < 1.29 is 9.53 Å². The largest absolute Gasteiger partial charge is 0.495 e. The number of fused-ring (bicyclic) bond motifs is 5. The van der Waals surface area contributed by atoms with Crippen molar-refractivity contribution in [3.05, 3.63) is 24.0 Å². The van der Waals surface area contributed by atoms with Crippen LogP contribution in [0.2, 0.25) is 0 Å². The maximum atomic E-state index is 11.9. The molecule has 4 rings (SSSR count). The van der Waals surface area contributed by atoms with Crippen LogP contribution in [-0.2, 0) is 9.53 Å². The second-order valence-electron chi connectivity index (χ2n) is 9.59. The monoisotopic (exact) mass is 342 g/mol. The maximum Gasteiger partial charge on any atom is 0.155 e. The van der Waals surface area contributed by atoms with Crippen molar-refractivity contribution in [1.29, 1.82) is 0 Å². The van der Waals surface area contributed by atoms with Gasteiger partial charge in [-0.15, -0.1) is 0 Å². The standard InChI is InChI=1S/C23H34O2/c1-5-15(2)25-21-9-8-19-18-7-6-16-14-17(24)10-12-22(16,3)20(18)11-13-23(19,21)4/h14,18-21H,2,5-13H2,1,3-4H3. The van der Waals surface area contributed by atoms with Crippen LogP contribution in [0.1, 0.15) is 78.6 Å². The molecule has 0 bridgehead atoms. The van der Waals surface area contributed by atoms with Gasteiger partial charge in [-0.2, -0.15) is 0 Å². The summed E-state index contributed by atoms with van der Waals surface area (Å²) >= 11 is 0. The molecule has 2 heteroatoms. The minimum Gasteiger partial charge on any atom is -0.495 e. The first-order valence-corrected chi connectivity index (χ1v) is 10.5. The van der Waals surface area contributed by atoms with Gasteiger partial charge in [-0.25, -0.2) is 0 Å². The van der Waals surface area contributed by atoms with Crippen LogP contribution in [0.4, 0.5) is 0 Å². The quantitative estimate of drug-likeness (QED) is 0.603. The van der Waals surface area contributed by atoms with Crippen molar-refractivity contribution in [1.82, 2.24) is 0 Å². The Labute approximate surface area is 153 Å². The summed E-state index contributed by atoms with van der Waals surface area (Å²) in [6.45, 7) is 11.2. The molecule has 25 heavy (non-hydrogen) atoms. The summed E-state index contributed by atoms with van der Waals surface area (Å²) in [7, 11) is 0. The molecule has 0 N–H and O–H groups in total. The highest BCUT2D eigenvalue weighted by molar-refractivity contribution is 5.91. The molecule has 3 saturated carbocycles. The molecule has 0 aromatic rings. The second-order valence-corrected chi connectivity index (χ2v) is 9.59. The van der Waals surface area contributed by atoms with Crippen LogP contribution in [-0.4, -0.2) is 11.9 Å². The first kappa shape index (κ1) is 17.4. The summed E-state index contributed by atoms with van der Waals surface area (Å²) in [5, 5.41) is 0. The van der Waals surface area contributed by atoms with Crippen molar-refractivity contribution in [3.63, 3.8) is 0 Å². The van der Waals surface area contributed by atoms with Gasteiger partial charge in [0.25, 0.3) is 0 Å². The van der Waals surface area contributed by atoms with Gasteiger partial charge in [0.1, 0.15) is 6.10 Å². The fraction of sp³-hybridized carbons (Fsp3) is 0.783. The number of allylic oxidation sites excluding steroid dienone is 2. The highest BCUT2D eigenvalue weighted by atomic mass is 16.5. The minimum atomic E-state index is 0.282. The van der Waals surface area contributed by atoms with E-state index in [-0.39, 0.29) is 5.41 Å². The van der Waals surface area contributed by atoms with Crippen molar-refractivity contribution >= 4 is 5.78 Å². The summed E-state index contributed by atoms with van der Waals surface area (Å²) in [4.78, 5) is 11.9. The Bertz CT molecular complexity index is 618. The Kier molecular flexibility index (Phi) is 4.16. The lowest BCUT2D eigenvalue weighted by Gasteiger charge is -2.57. The zero-order chi connectivity index (χ0) is 17.8. The number of hydrogen-bond acceptors (Lipinski definition) is 2. The van der Waals surface area contributed by atoms with Gasteiger partial charge >= 0.3 is 0 Å². The Morgan fingerprint density at radius 3 is 2.72 bits per heavy atom. The molecular weight excluding hydrogens is 308 g/mol. The SMILES string of the molecule is C=C(CC)OC1CCC2C3CCC4=CC(=O)CCC4(C)C3CCC12C. The third-order valence-electron chi connectivity index (χ3n) is 8.58. The van der Waals surface area contributed by atoms with E-state index in [0.29, 0.717) is 17.3 Å². The van der Waals surface area contributed by atoms with Gasteiger partial charge in [0.2, 0.25) is 0 Å². The molecule has 0 spiro atoms. The predicted octanol–water partition coefficient (Wildman–Crippen LogP) is 5.83. The molecule has 4 aliphatic carbocycles. The second kappa shape index (κ2) is 5.99. The van der Waals surface area contributed by atoms with Crippen LogP contribution in [0.25, 0.3) is 0 Å². The molecule has 0 amide bonds. The highest BCUT2D eigenvalue weighted by Crippen LogP contribution is 2.65. The van der Waals surface area contributed by atoms with E-state index in [1.165, 1.54) is 37.7 Å². The molecule has 0 aliphatic heterocycles. The Balaban J connectivity index is 1.59. The summed E-state index contributed by atoms with van der Waals surface area (Å²) in [6.07, 6.45) is 12.6.